The highest BCUT2D eigenvalue weighted by molar-refractivity contribution is 5.96. The Kier molecular flexibility index (Phi) is 5.99. The van der Waals surface area contributed by atoms with E-state index < -0.39 is 0 Å². The molecule has 156 valence electrons. The highest BCUT2D eigenvalue weighted by atomic mass is 16.5. The van der Waals surface area contributed by atoms with Crippen molar-refractivity contribution in [3.63, 3.8) is 0 Å². The molecule has 1 atom stereocenters. The molecule has 0 aliphatic carbocycles. The largest absolute Gasteiger partial charge is 0.493 e. The van der Waals surface area contributed by atoms with E-state index in [0.717, 1.165) is 24.8 Å². The molecule has 30 heavy (non-hydrogen) atoms. The minimum atomic E-state index is -0.251. The molecule has 2 aromatic carbocycles. The summed E-state index contributed by atoms with van der Waals surface area (Å²) in [6, 6.07) is 14.6. The highest BCUT2D eigenvalue weighted by Crippen LogP contribution is 2.30. The summed E-state index contributed by atoms with van der Waals surface area (Å²) in [4.78, 5) is 17.5. The number of rotatable bonds is 6. The van der Waals surface area contributed by atoms with Crippen molar-refractivity contribution in [2.45, 2.75) is 18.9 Å². The van der Waals surface area contributed by atoms with E-state index in [-0.39, 0.29) is 17.6 Å². The second kappa shape index (κ2) is 9.00. The van der Waals surface area contributed by atoms with E-state index in [4.69, 9.17) is 18.6 Å². The lowest BCUT2D eigenvalue weighted by molar-refractivity contribution is 0.0854. The SMILES string of the molecule is COc1ccc(N=c2oc3ccccc3cc2C(=O)NC[C@H]2CCCO2)cc1OC. The molecule has 1 saturated heterocycles. The molecular formula is C23H24N2O5. The molecule has 1 amide bonds. The summed E-state index contributed by atoms with van der Waals surface area (Å²) in [7, 11) is 3.13. The fourth-order valence-electron chi connectivity index (χ4n) is 3.43. The minimum absolute atomic E-state index is 0.0533. The fraction of sp³-hybridized carbons (Fsp3) is 0.304. The predicted octanol–water partition coefficient (Wildman–Crippen LogP) is 3.59. The number of carbonyl (C=O) groups is 1. The Hall–Kier alpha value is -3.32. The second-order valence-electron chi connectivity index (χ2n) is 7.00. The number of nitrogens with one attached hydrogen (secondary N) is 1. The third-order valence-corrected chi connectivity index (χ3v) is 5.01. The maximum Gasteiger partial charge on any atom is 0.256 e. The van der Waals surface area contributed by atoms with Crippen LogP contribution in [0.1, 0.15) is 23.2 Å². The Bertz CT molecular complexity index is 1120. The second-order valence-corrected chi connectivity index (χ2v) is 7.00. The first-order valence-electron chi connectivity index (χ1n) is 9.87. The lowest BCUT2D eigenvalue weighted by Gasteiger charge is -2.11. The molecule has 3 aromatic rings. The summed E-state index contributed by atoms with van der Waals surface area (Å²) in [5.41, 5.74) is 1.82. The lowest BCUT2D eigenvalue weighted by Crippen LogP contribution is -2.34. The maximum atomic E-state index is 12.9. The Morgan fingerprint density at radius 2 is 1.97 bits per heavy atom. The highest BCUT2D eigenvalue weighted by Gasteiger charge is 2.18. The molecule has 7 nitrogen and oxygen atoms in total. The van der Waals surface area contributed by atoms with Crippen molar-refractivity contribution < 1.29 is 23.4 Å². The Morgan fingerprint density at radius 3 is 2.73 bits per heavy atom. The zero-order valence-electron chi connectivity index (χ0n) is 17.0. The van der Waals surface area contributed by atoms with Crippen molar-refractivity contribution in [3.05, 3.63) is 59.6 Å². The van der Waals surface area contributed by atoms with E-state index in [2.05, 4.69) is 10.3 Å². The Morgan fingerprint density at radius 1 is 1.13 bits per heavy atom. The van der Waals surface area contributed by atoms with Gasteiger partial charge in [0.15, 0.2) is 11.5 Å². The van der Waals surface area contributed by atoms with Crippen LogP contribution in [0.5, 0.6) is 11.5 Å². The average Bonchev–Trinajstić information content (AvgIpc) is 3.30. The Balaban J connectivity index is 1.74. The van der Waals surface area contributed by atoms with Crippen LogP contribution in [0.4, 0.5) is 5.69 Å². The molecular weight excluding hydrogens is 384 g/mol. The summed E-state index contributed by atoms with van der Waals surface area (Å²) >= 11 is 0. The van der Waals surface area contributed by atoms with Gasteiger partial charge in [0.25, 0.3) is 5.91 Å². The Labute approximate surface area is 174 Å². The maximum absolute atomic E-state index is 12.9. The molecule has 0 spiro atoms. The molecule has 0 bridgehead atoms. The van der Waals surface area contributed by atoms with Crippen molar-refractivity contribution in [2.24, 2.45) is 4.99 Å². The zero-order chi connectivity index (χ0) is 20.9. The average molecular weight is 408 g/mol. The van der Waals surface area contributed by atoms with Crippen LogP contribution in [-0.4, -0.2) is 39.4 Å². The molecule has 0 radical (unpaired) electrons. The summed E-state index contributed by atoms with van der Waals surface area (Å²) in [6.07, 6.45) is 2.02. The molecule has 0 saturated carbocycles. The molecule has 1 aliphatic heterocycles. The van der Waals surface area contributed by atoms with Crippen LogP contribution in [0.3, 0.4) is 0 Å². The molecule has 4 rings (SSSR count). The van der Waals surface area contributed by atoms with Crippen molar-refractivity contribution >= 4 is 22.6 Å². The van der Waals surface area contributed by atoms with Gasteiger partial charge in [0.2, 0.25) is 5.55 Å². The van der Waals surface area contributed by atoms with E-state index in [0.29, 0.717) is 34.9 Å². The van der Waals surface area contributed by atoms with Gasteiger partial charge in [-0.3, -0.25) is 4.79 Å². The van der Waals surface area contributed by atoms with Gasteiger partial charge in [-0.25, -0.2) is 4.99 Å². The van der Waals surface area contributed by atoms with Crippen LogP contribution >= 0.6 is 0 Å². The zero-order valence-corrected chi connectivity index (χ0v) is 17.0. The number of ether oxygens (including phenoxy) is 3. The third kappa shape index (κ3) is 4.31. The third-order valence-electron chi connectivity index (χ3n) is 5.01. The van der Waals surface area contributed by atoms with E-state index in [1.165, 1.54) is 0 Å². The van der Waals surface area contributed by atoms with Gasteiger partial charge in [0.1, 0.15) is 11.1 Å². The summed E-state index contributed by atoms with van der Waals surface area (Å²) in [5, 5.41) is 3.77. The minimum Gasteiger partial charge on any atom is -0.493 e. The van der Waals surface area contributed by atoms with Crippen LogP contribution in [0.15, 0.2) is 57.9 Å². The van der Waals surface area contributed by atoms with Crippen molar-refractivity contribution in [1.82, 2.24) is 5.32 Å². The standard InChI is InChI=1S/C23H24N2O5/c1-27-20-10-9-16(13-21(20)28-2)25-23-18(12-15-6-3-4-8-19(15)30-23)22(26)24-14-17-7-5-11-29-17/h3-4,6,8-10,12-13,17H,5,7,11,14H2,1-2H3,(H,24,26)/t17-/m1/s1. The molecule has 1 aromatic heterocycles. The number of methoxy groups -OCH3 is 2. The van der Waals surface area contributed by atoms with Gasteiger partial charge in [-0.15, -0.1) is 0 Å². The molecule has 7 heteroatoms. The monoisotopic (exact) mass is 408 g/mol. The molecule has 1 fully saturated rings. The first-order chi connectivity index (χ1) is 14.7. The summed E-state index contributed by atoms with van der Waals surface area (Å²) < 4.78 is 22.2. The van der Waals surface area contributed by atoms with Gasteiger partial charge >= 0.3 is 0 Å². The van der Waals surface area contributed by atoms with Crippen molar-refractivity contribution in [3.8, 4) is 11.5 Å². The van der Waals surface area contributed by atoms with E-state index in [1.807, 2.05) is 24.3 Å². The summed E-state index contributed by atoms with van der Waals surface area (Å²) in [5.74, 6) is 0.893. The number of carbonyl (C=O) groups excluding carboxylic acids is 1. The van der Waals surface area contributed by atoms with Crippen LogP contribution in [-0.2, 0) is 4.74 Å². The number of hydrogen-bond acceptors (Lipinski definition) is 6. The van der Waals surface area contributed by atoms with Gasteiger partial charge in [0, 0.05) is 24.6 Å². The van der Waals surface area contributed by atoms with Crippen LogP contribution in [0.2, 0.25) is 0 Å². The van der Waals surface area contributed by atoms with Crippen molar-refractivity contribution in [1.29, 1.82) is 0 Å². The number of nitrogens with zero attached hydrogens (tertiary/aromatic N) is 1. The quantitative estimate of drug-likeness (QED) is 0.674. The van der Waals surface area contributed by atoms with Crippen LogP contribution in [0.25, 0.3) is 11.0 Å². The smallest absolute Gasteiger partial charge is 0.256 e. The van der Waals surface area contributed by atoms with Gasteiger partial charge < -0.3 is 23.9 Å². The van der Waals surface area contributed by atoms with Gasteiger partial charge in [-0.2, -0.15) is 0 Å². The van der Waals surface area contributed by atoms with E-state index >= 15 is 0 Å². The van der Waals surface area contributed by atoms with Crippen LogP contribution < -0.4 is 20.3 Å². The number of para-hydroxylation sites is 1. The number of fused-ring (bicyclic) bond motifs is 1. The van der Waals surface area contributed by atoms with E-state index in [1.54, 1.807) is 38.5 Å². The predicted molar refractivity (Wildman–Crippen MR) is 112 cm³/mol. The van der Waals surface area contributed by atoms with E-state index in [9.17, 15) is 4.79 Å². The normalized spacial score (nSPS) is 16.6. The lowest BCUT2D eigenvalue weighted by atomic mass is 10.1. The topological polar surface area (TPSA) is 82.3 Å². The first kappa shape index (κ1) is 20.0. The van der Waals surface area contributed by atoms with Gasteiger partial charge in [-0.1, -0.05) is 18.2 Å². The van der Waals surface area contributed by atoms with Crippen LogP contribution in [0, 0.1) is 0 Å². The first-order valence-corrected chi connectivity index (χ1v) is 9.87. The van der Waals surface area contributed by atoms with Gasteiger partial charge in [-0.05, 0) is 37.1 Å². The molecule has 1 N–H and O–H groups in total. The van der Waals surface area contributed by atoms with Crippen molar-refractivity contribution in [2.75, 3.05) is 27.4 Å². The number of amides is 1. The molecule has 2 heterocycles. The van der Waals surface area contributed by atoms with Gasteiger partial charge in [0.05, 0.1) is 26.0 Å². The number of hydrogen-bond donors (Lipinski definition) is 1. The number of benzene rings is 2. The fourth-order valence-corrected chi connectivity index (χ4v) is 3.43. The molecule has 0 unspecified atom stereocenters. The summed E-state index contributed by atoms with van der Waals surface area (Å²) in [6.45, 7) is 1.20. The molecule has 1 aliphatic rings.